The SMILES string of the molecule is O=C(/C=C(\C(=O)O)c1ccccc1)Nc1ccc(N2CCN(c3ccccc3)CC2)cc1. The maximum absolute atomic E-state index is 12.4. The highest BCUT2D eigenvalue weighted by Gasteiger charge is 2.17. The number of para-hydroxylation sites is 1. The normalized spacial score (nSPS) is 14.2. The maximum atomic E-state index is 12.4. The maximum Gasteiger partial charge on any atom is 0.336 e. The van der Waals surface area contributed by atoms with Crippen LogP contribution < -0.4 is 15.1 Å². The molecule has 0 radical (unpaired) electrons. The average molecular weight is 428 g/mol. The van der Waals surface area contributed by atoms with Gasteiger partial charge in [0, 0.05) is 49.3 Å². The van der Waals surface area contributed by atoms with Crippen molar-refractivity contribution in [2.75, 3.05) is 41.3 Å². The van der Waals surface area contributed by atoms with Crippen molar-refractivity contribution in [1.29, 1.82) is 0 Å². The summed E-state index contributed by atoms with van der Waals surface area (Å²) in [5.41, 5.74) is 3.41. The van der Waals surface area contributed by atoms with Crippen molar-refractivity contribution >= 4 is 34.5 Å². The Labute approximate surface area is 187 Å². The number of rotatable bonds is 6. The number of carboxylic acids is 1. The number of nitrogens with one attached hydrogen (secondary N) is 1. The monoisotopic (exact) mass is 427 g/mol. The third-order valence-corrected chi connectivity index (χ3v) is 5.49. The van der Waals surface area contributed by atoms with Gasteiger partial charge in [0.1, 0.15) is 0 Å². The Bertz CT molecular complexity index is 1090. The van der Waals surface area contributed by atoms with Crippen LogP contribution in [0.3, 0.4) is 0 Å². The number of nitrogens with zero attached hydrogens (tertiary/aromatic N) is 2. The zero-order valence-electron chi connectivity index (χ0n) is 17.6. The van der Waals surface area contributed by atoms with E-state index in [0.29, 0.717) is 11.3 Å². The molecule has 6 nitrogen and oxygen atoms in total. The highest BCUT2D eigenvalue weighted by atomic mass is 16.4. The first-order chi connectivity index (χ1) is 15.6. The fourth-order valence-electron chi connectivity index (χ4n) is 3.81. The molecule has 1 amide bonds. The minimum Gasteiger partial charge on any atom is -0.478 e. The molecular formula is C26H25N3O3. The van der Waals surface area contributed by atoms with Gasteiger partial charge in [-0.2, -0.15) is 0 Å². The number of hydrogen-bond acceptors (Lipinski definition) is 4. The Morgan fingerprint density at radius 1 is 0.719 bits per heavy atom. The Hall–Kier alpha value is -4.06. The highest BCUT2D eigenvalue weighted by molar-refractivity contribution is 6.21. The van der Waals surface area contributed by atoms with E-state index < -0.39 is 11.9 Å². The van der Waals surface area contributed by atoms with Gasteiger partial charge in [0.25, 0.3) is 0 Å². The van der Waals surface area contributed by atoms with Crippen LogP contribution in [0.4, 0.5) is 17.1 Å². The van der Waals surface area contributed by atoms with Gasteiger partial charge in [-0.05, 0) is 42.0 Å². The van der Waals surface area contributed by atoms with E-state index in [2.05, 4.69) is 39.4 Å². The lowest BCUT2D eigenvalue weighted by Crippen LogP contribution is -2.46. The first kappa shape index (κ1) is 21.2. The molecule has 3 aromatic rings. The average Bonchev–Trinajstić information content (AvgIpc) is 2.84. The number of hydrogen-bond donors (Lipinski definition) is 2. The molecule has 0 aliphatic carbocycles. The van der Waals surface area contributed by atoms with Crippen LogP contribution in [-0.4, -0.2) is 43.2 Å². The molecule has 0 aromatic heterocycles. The summed E-state index contributed by atoms with van der Waals surface area (Å²) in [6.45, 7) is 3.74. The van der Waals surface area contributed by atoms with Crippen LogP contribution in [0.15, 0.2) is 91.0 Å². The lowest BCUT2D eigenvalue weighted by Gasteiger charge is -2.37. The number of amides is 1. The second-order valence-electron chi connectivity index (χ2n) is 7.57. The molecule has 32 heavy (non-hydrogen) atoms. The van der Waals surface area contributed by atoms with Crippen LogP contribution >= 0.6 is 0 Å². The minimum absolute atomic E-state index is 0.0454. The largest absolute Gasteiger partial charge is 0.478 e. The number of benzene rings is 3. The lowest BCUT2D eigenvalue weighted by atomic mass is 10.1. The standard InChI is InChI=1S/C26H25N3O3/c30-25(19-24(26(31)32)20-7-3-1-4-8-20)27-21-11-13-23(14-12-21)29-17-15-28(16-18-29)22-9-5-2-6-10-22/h1-14,19H,15-18H2,(H,27,30)(H,31,32)/b24-19-. The molecule has 0 bridgehead atoms. The summed E-state index contributed by atoms with van der Waals surface area (Å²) >= 11 is 0. The molecule has 162 valence electrons. The molecule has 2 N–H and O–H groups in total. The van der Waals surface area contributed by atoms with Crippen molar-refractivity contribution in [2.24, 2.45) is 0 Å². The molecule has 0 unspecified atom stereocenters. The van der Waals surface area contributed by atoms with Crippen molar-refractivity contribution in [3.05, 3.63) is 96.6 Å². The highest BCUT2D eigenvalue weighted by Crippen LogP contribution is 2.22. The van der Waals surface area contributed by atoms with Crippen molar-refractivity contribution < 1.29 is 14.7 Å². The van der Waals surface area contributed by atoms with E-state index in [-0.39, 0.29) is 5.57 Å². The number of carbonyl (C=O) groups is 2. The molecule has 1 saturated heterocycles. The van der Waals surface area contributed by atoms with Crippen molar-refractivity contribution in [1.82, 2.24) is 0 Å². The molecule has 1 aliphatic heterocycles. The van der Waals surface area contributed by atoms with Crippen LogP contribution in [0.1, 0.15) is 5.56 Å². The van der Waals surface area contributed by atoms with Crippen molar-refractivity contribution in [2.45, 2.75) is 0 Å². The lowest BCUT2D eigenvalue weighted by molar-refractivity contribution is -0.130. The Kier molecular flexibility index (Phi) is 6.51. The van der Waals surface area contributed by atoms with Gasteiger partial charge in [-0.15, -0.1) is 0 Å². The molecule has 6 heteroatoms. The molecule has 3 aromatic carbocycles. The van der Waals surface area contributed by atoms with Crippen molar-refractivity contribution in [3.63, 3.8) is 0 Å². The summed E-state index contributed by atoms with van der Waals surface area (Å²) in [7, 11) is 0. The van der Waals surface area contributed by atoms with E-state index in [4.69, 9.17) is 0 Å². The summed E-state index contributed by atoms with van der Waals surface area (Å²) in [5.74, 6) is -1.62. The van der Waals surface area contributed by atoms with E-state index in [1.807, 2.05) is 30.3 Å². The Balaban J connectivity index is 1.37. The van der Waals surface area contributed by atoms with Gasteiger partial charge in [-0.1, -0.05) is 48.5 Å². The third kappa shape index (κ3) is 5.16. The van der Waals surface area contributed by atoms with Gasteiger partial charge in [0.05, 0.1) is 5.57 Å². The van der Waals surface area contributed by atoms with Crippen molar-refractivity contribution in [3.8, 4) is 0 Å². The summed E-state index contributed by atoms with van der Waals surface area (Å²) in [6.07, 6.45) is 1.12. The predicted octanol–water partition coefficient (Wildman–Crippen LogP) is 4.12. The molecular weight excluding hydrogens is 402 g/mol. The van der Waals surface area contributed by atoms with Gasteiger partial charge in [0.2, 0.25) is 5.91 Å². The topological polar surface area (TPSA) is 72.9 Å². The summed E-state index contributed by atoms with van der Waals surface area (Å²) in [4.78, 5) is 28.7. The molecule has 0 spiro atoms. The zero-order chi connectivity index (χ0) is 22.3. The number of piperazine rings is 1. The van der Waals surface area contributed by atoms with Crippen LogP contribution in [0.25, 0.3) is 5.57 Å². The number of carboxylic acid groups (broad SMARTS) is 1. The van der Waals surface area contributed by atoms with Gasteiger partial charge in [-0.3, -0.25) is 4.79 Å². The second kappa shape index (κ2) is 9.83. The smallest absolute Gasteiger partial charge is 0.336 e. The second-order valence-corrected chi connectivity index (χ2v) is 7.57. The molecule has 1 aliphatic rings. The summed E-state index contributed by atoms with van der Waals surface area (Å²) < 4.78 is 0. The summed E-state index contributed by atoms with van der Waals surface area (Å²) in [6, 6.07) is 26.7. The van der Waals surface area contributed by atoms with Gasteiger partial charge in [0.15, 0.2) is 0 Å². The van der Waals surface area contributed by atoms with Gasteiger partial charge < -0.3 is 20.2 Å². The quantitative estimate of drug-likeness (QED) is 0.579. The van der Waals surface area contributed by atoms with E-state index in [1.165, 1.54) is 5.69 Å². The Morgan fingerprint density at radius 2 is 1.22 bits per heavy atom. The predicted molar refractivity (Wildman–Crippen MR) is 128 cm³/mol. The minimum atomic E-state index is -1.14. The molecule has 1 heterocycles. The van der Waals surface area contributed by atoms with Crippen LogP contribution in [0, 0.1) is 0 Å². The van der Waals surface area contributed by atoms with Crippen LogP contribution in [0.2, 0.25) is 0 Å². The molecule has 1 fully saturated rings. The first-order valence-corrected chi connectivity index (χ1v) is 10.6. The van der Waals surface area contributed by atoms with Gasteiger partial charge in [-0.25, -0.2) is 4.79 Å². The van der Waals surface area contributed by atoms with Crippen LogP contribution in [-0.2, 0) is 9.59 Å². The van der Waals surface area contributed by atoms with Crippen LogP contribution in [0.5, 0.6) is 0 Å². The molecule has 4 rings (SSSR count). The number of carbonyl (C=O) groups excluding carboxylic acids is 1. The fourth-order valence-corrected chi connectivity index (χ4v) is 3.81. The summed E-state index contributed by atoms with van der Waals surface area (Å²) in [5, 5.41) is 12.2. The fraction of sp³-hybridized carbons (Fsp3) is 0.154. The third-order valence-electron chi connectivity index (χ3n) is 5.49. The van der Waals surface area contributed by atoms with E-state index in [1.54, 1.807) is 30.3 Å². The van der Waals surface area contributed by atoms with E-state index >= 15 is 0 Å². The zero-order valence-corrected chi connectivity index (χ0v) is 17.6. The van der Waals surface area contributed by atoms with Gasteiger partial charge >= 0.3 is 5.97 Å². The number of aliphatic carboxylic acids is 1. The first-order valence-electron chi connectivity index (χ1n) is 10.6. The number of anilines is 3. The molecule has 0 atom stereocenters. The van der Waals surface area contributed by atoms with E-state index in [0.717, 1.165) is 37.9 Å². The molecule has 0 saturated carbocycles. The Morgan fingerprint density at radius 3 is 1.75 bits per heavy atom. The van der Waals surface area contributed by atoms with E-state index in [9.17, 15) is 14.7 Å².